The van der Waals surface area contributed by atoms with Gasteiger partial charge in [-0.1, -0.05) is 156 Å². The lowest BCUT2D eigenvalue weighted by Gasteiger charge is -2.22. The molecule has 0 radical (unpaired) electrons. The van der Waals surface area contributed by atoms with Crippen LogP contribution in [0.5, 0.6) is 0 Å². The molecule has 52 heavy (non-hydrogen) atoms. The van der Waals surface area contributed by atoms with Crippen LogP contribution >= 0.6 is 0 Å². The lowest BCUT2D eigenvalue weighted by molar-refractivity contribution is -0.148. The van der Waals surface area contributed by atoms with Crippen LogP contribution in [0.15, 0.2) is 0 Å². The summed E-state index contributed by atoms with van der Waals surface area (Å²) >= 11 is 0. The van der Waals surface area contributed by atoms with Crippen LogP contribution in [0.1, 0.15) is 227 Å². The van der Waals surface area contributed by atoms with Gasteiger partial charge in [0.15, 0.2) is 6.29 Å². The number of unbranched alkanes of at least 4 members (excludes halogenated alkanes) is 23. The van der Waals surface area contributed by atoms with E-state index in [1.54, 1.807) is 6.92 Å². The van der Waals surface area contributed by atoms with Crippen LogP contribution in [0.4, 0.5) is 0 Å². The van der Waals surface area contributed by atoms with E-state index in [4.69, 9.17) is 14.2 Å². The SMILES string of the molecule is CCCCCCCCCOC(=O)CCCCCCCN(CCCCCCC(OCCCCCCCC)OCCCCCCCC)CCCNC(C)=O. The molecule has 0 aromatic heterocycles. The number of ether oxygens (including phenoxy) is 3. The summed E-state index contributed by atoms with van der Waals surface area (Å²) in [5.74, 6) is 0.0340. The first-order valence-electron chi connectivity index (χ1n) is 22.9. The zero-order valence-corrected chi connectivity index (χ0v) is 35.4. The van der Waals surface area contributed by atoms with Gasteiger partial charge in [0.25, 0.3) is 0 Å². The fraction of sp³-hybridized carbons (Fsp3) is 0.956. The highest BCUT2D eigenvalue weighted by Crippen LogP contribution is 2.15. The van der Waals surface area contributed by atoms with Crippen molar-refractivity contribution < 1.29 is 23.8 Å². The second kappa shape index (κ2) is 42.6. The molecule has 0 rings (SSSR count). The van der Waals surface area contributed by atoms with Gasteiger partial charge < -0.3 is 24.4 Å². The van der Waals surface area contributed by atoms with E-state index in [-0.39, 0.29) is 18.2 Å². The maximum Gasteiger partial charge on any atom is 0.305 e. The van der Waals surface area contributed by atoms with Crippen LogP contribution in [0.3, 0.4) is 0 Å². The fourth-order valence-electron chi connectivity index (χ4n) is 6.76. The van der Waals surface area contributed by atoms with Crippen LogP contribution in [0.2, 0.25) is 0 Å². The molecule has 0 atom stereocenters. The fourth-order valence-corrected chi connectivity index (χ4v) is 6.76. The number of rotatable bonds is 43. The van der Waals surface area contributed by atoms with E-state index in [2.05, 4.69) is 31.0 Å². The molecule has 0 saturated heterocycles. The number of carbonyl (C=O) groups excluding carboxylic acids is 2. The predicted molar refractivity (Wildman–Crippen MR) is 222 cm³/mol. The molecule has 7 heteroatoms. The molecule has 0 aromatic carbocycles. The van der Waals surface area contributed by atoms with Crippen molar-refractivity contribution in [2.45, 2.75) is 233 Å². The highest BCUT2D eigenvalue weighted by molar-refractivity contribution is 5.72. The maximum absolute atomic E-state index is 12.1. The van der Waals surface area contributed by atoms with Crippen LogP contribution in [-0.4, -0.2) is 69.1 Å². The van der Waals surface area contributed by atoms with Crippen LogP contribution < -0.4 is 5.32 Å². The van der Waals surface area contributed by atoms with Crippen molar-refractivity contribution >= 4 is 11.9 Å². The zero-order chi connectivity index (χ0) is 38.0. The van der Waals surface area contributed by atoms with Crippen molar-refractivity contribution in [2.75, 3.05) is 46.0 Å². The number of hydrogen-bond donors (Lipinski definition) is 1. The molecule has 0 heterocycles. The molecule has 0 unspecified atom stereocenters. The third-order valence-corrected chi connectivity index (χ3v) is 10.2. The van der Waals surface area contributed by atoms with Gasteiger partial charge in [0.05, 0.1) is 6.61 Å². The Labute approximate surface area is 324 Å². The van der Waals surface area contributed by atoms with Crippen molar-refractivity contribution in [3.8, 4) is 0 Å². The number of esters is 1. The molecule has 0 fully saturated rings. The molecular weight excluding hydrogens is 649 g/mol. The Hall–Kier alpha value is -1.18. The van der Waals surface area contributed by atoms with Gasteiger partial charge in [-0.05, 0) is 77.4 Å². The summed E-state index contributed by atoms with van der Waals surface area (Å²) in [4.78, 5) is 26.0. The highest BCUT2D eigenvalue weighted by atomic mass is 16.7. The van der Waals surface area contributed by atoms with Crippen molar-refractivity contribution in [2.24, 2.45) is 0 Å². The first-order chi connectivity index (χ1) is 25.5. The molecule has 1 amide bonds. The Kier molecular flexibility index (Phi) is 41.6. The van der Waals surface area contributed by atoms with Gasteiger partial charge in [0.1, 0.15) is 0 Å². The van der Waals surface area contributed by atoms with E-state index >= 15 is 0 Å². The molecule has 0 saturated carbocycles. The molecule has 0 aliphatic heterocycles. The predicted octanol–water partition coefficient (Wildman–Crippen LogP) is 12.5. The monoisotopic (exact) mass is 739 g/mol. The minimum absolute atomic E-state index is 0.0202. The second-order valence-corrected chi connectivity index (χ2v) is 15.4. The smallest absolute Gasteiger partial charge is 0.305 e. The average Bonchev–Trinajstić information content (AvgIpc) is 3.13. The van der Waals surface area contributed by atoms with Gasteiger partial charge in [-0.3, -0.25) is 9.59 Å². The standard InChI is InChI=1S/C45H90N2O5/c1-5-8-11-14-17-25-30-40-50-44(49)34-26-19-18-21-28-37-47(39-33-36-46-43(4)48)38-29-22-20-27-35-45(51-41-31-23-15-12-9-6-2)52-42-32-24-16-13-10-7-3/h45H,5-42H2,1-4H3,(H,46,48). The molecule has 0 aliphatic carbocycles. The lowest BCUT2D eigenvalue weighted by atomic mass is 10.1. The van der Waals surface area contributed by atoms with Crippen molar-refractivity contribution in [1.29, 1.82) is 0 Å². The van der Waals surface area contributed by atoms with Crippen molar-refractivity contribution in [1.82, 2.24) is 10.2 Å². The van der Waals surface area contributed by atoms with E-state index in [1.165, 1.54) is 141 Å². The third kappa shape index (κ3) is 40.0. The van der Waals surface area contributed by atoms with Gasteiger partial charge >= 0.3 is 5.97 Å². The Morgan fingerprint density at radius 3 is 1.38 bits per heavy atom. The van der Waals surface area contributed by atoms with Gasteiger partial charge in [0, 0.05) is 33.1 Å². The number of nitrogens with zero attached hydrogens (tertiary/aromatic N) is 1. The summed E-state index contributed by atoms with van der Waals surface area (Å²) < 4.78 is 18.0. The summed E-state index contributed by atoms with van der Waals surface area (Å²) in [6.07, 6.45) is 37.1. The number of hydrogen-bond acceptors (Lipinski definition) is 6. The lowest BCUT2D eigenvalue weighted by Crippen LogP contribution is -2.30. The summed E-state index contributed by atoms with van der Waals surface area (Å²) in [7, 11) is 0. The van der Waals surface area contributed by atoms with Crippen molar-refractivity contribution in [3.63, 3.8) is 0 Å². The van der Waals surface area contributed by atoms with Gasteiger partial charge in [-0.25, -0.2) is 0 Å². The first kappa shape index (κ1) is 50.8. The van der Waals surface area contributed by atoms with Gasteiger partial charge in [-0.15, -0.1) is 0 Å². The van der Waals surface area contributed by atoms with Crippen LogP contribution in [0, 0.1) is 0 Å². The average molecular weight is 739 g/mol. The van der Waals surface area contributed by atoms with Crippen LogP contribution in [-0.2, 0) is 23.8 Å². The maximum atomic E-state index is 12.1. The van der Waals surface area contributed by atoms with E-state index < -0.39 is 0 Å². The number of amides is 1. The molecule has 0 spiro atoms. The summed E-state index contributed by atoms with van der Waals surface area (Å²) in [5.41, 5.74) is 0. The van der Waals surface area contributed by atoms with Gasteiger partial charge in [-0.2, -0.15) is 0 Å². The summed E-state index contributed by atoms with van der Waals surface area (Å²) in [6.45, 7) is 14.6. The highest BCUT2D eigenvalue weighted by Gasteiger charge is 2.11. The zero-order valence-electron chi connectivity index (χ0n) is 35.4. The Morgan fingerprint density at radius 2 is 0.885 bits per heavy atom. The molecular formula is C45H90N2O5. The molecule has 7 nitrogen and oxygen atoms in total. The summed E-state index contributed by atoms with van der Waals surface area (Å²) in [6, 6.07) is 0. The van der Waals surface area contributed by atoms with Crippen molar-refractivity contribution in [3.05, 3.63) is 0 Å². The molecule has 1 N–H and O–H groups in total. The third-order valence-electron chi connectivity index (χ3n) is 10.2. The largest absolute Gasteiger partial charge is 0.466 e. The van der Waals surface area contributed by atoms with E-state index in [0.717, 1.165) is 90.8 Å². The van der Waals surface area contributed by atoms with E-state index in [0.29, 0.717) is 13.0 Å². The normalized spacial score (nSPS) is 11.6. The Morgan fingerprint density at radius 1 is 0.481 bits per heavy atom. The molecule has 0 aromatic rings. The molecule has 0 bridgehead atoms. The second-order valence-electron chi connectivity index (χ2n) is 15.4. The van der Waals surface area contributed by atoms with Gasteiger partial charge in [0.2, 0.25) is 5.91 Å². The molecule has 310 valence electrons. The first-order valence-corrected chi connectivity index (χ1v) is 22.9. The number of carbonyl (C=O) groups is 2. The Balaban J connectivity index is 4.28. The quantitative estimate of drug-likeness (QED) is 0.0381. The van der Waals surface area contributed by atoms with Crippen LogP contribution in [0.25, 0.3) is 0 Å². The Bertz CT molecular complexity index is 719. The van der Waals surface area contributed by atoms with E-state index in [9.17, 15) is 9.59 Å². The minimum Gasteiger partial charge on any atom is -0.466 e. The topological polar surface area (TPSA) is 77.1 Å². The minimum atomic E-state index is -0.0443. The number of nitrogens with one attached hydrogen (secondary N) is 1. The summed E-state index contributed by atoms with van der Waals surface area (Å²) in [5, 5.41) is 2.95. The molecule has 0 aliphatic rings. The van der Waals surface area contributed by atoms with E-state index in [1.807, 2.05) is 0 Å².